The normalized spacial score (nSPS) is 19.1. The predicted molar refractivity (Wildman–Crippen MR) is 62.4 cm³/mol. The van der Waals surface area contributed by atoms with Gasteiger partial charge in [-0.1, -0.05) is 30.3 Å². The third-order valence-electron chi connectivity index (χ3n) is 2.88. The summed E-state index contributed by atoms with van der Waals surface area (Å²) >= 11 is 0. The van der Waals surface area contributed by atoms with E-state index < -0.39 is 0 Å². The summed E-state index contributed by atoms with van der Waals surface area (Å²) in [6, 6.07) is 9.54. The second kappa shape index (κ2) is 5.48. The van der Waals surface area contributed by atoms with Gasteiger partial charge < -0.3 is 14.4 Å². The Kier molecular flexibility index (Phi) is 3.75. The van der Waals surface area contributed by atoms with E-state index in [9.17, 15) is 9.59 Å². The molecule has 0 aliphatic carbocycles. The number of carbonyl (C=O) groups excluding carboxylic acids is 2. The molecule has 1 saturated heterocycles. The van der Waals surface area contributed by atoms with Crippen LogP contribution in [0.4, 0.5) is 4.79 Å². The van der Waals surface area contributed by atoms with E-state index in [1.807, 2.05) is 30.3 Å². The van der Waals surface area contributed by atoms with Crippen LogP contribution >= 0.6 is 0 Å². The highest BCUT2D eigenvalue weighted by Crippen LogP contribution is 2.15. The molecule has 0 aromatic heterocycles. The van der Waals surface area contributed by atoms with Crippen LogP contribution in [-0.4, -0.2) is 30.4 Å². The molecule has 90 valence electrons. The second-order valence-corrected chi connectivity index (χ2v) is 4.17. The van der Waals surface area contributed by atoms with Gasteiger partial charge in [-0.15, -0.1) is 0 Å². The van der Waals surface area contributed by atoms with Crippen molar-refractivity contribution in [3.8, 4) is 0 Å². The molecule has 0 N–H and O–H groups in total. The van der Waals surface area contributed by atoms with Crippen LogP contribution in [0.5, 0.6) is 0 Å². The van der Waals surface area contributed by atoms with Crippen LogP contribution in [0.2, 0.25) is 0 Å². The monoisotopic (exact) mass is 233 g/mol. The molecule has 1 aliphatic heterocycles. The maximum absolute atomic E-state index is 11.7. The highest BCUT2D eigenvalue weighted by molar-refractivity contribution is 5.69. The zero-order valence-corrected chi connectivity index (χ0v) is 9.54. The summed E-state index contributed by atoms with van der Waals surface area (Å²) < 4.78 is 5.18. The van der Waals surface area contributed by atoms with Gasteiger partial charge in [-0.25, -0.2) is 4.79 Å². The molecule has 4 nitrogen and oxygen atoms in total. The number of aldehydes is 1. The van der Waals surface area contributed by atoms with Crippen LogP contribution in [0.1, 0.15) is 12.0 Å². The van der Waals surface area contributed by atoms with Crippen molar-refractivity contribution in [2.75, 3.05) is 13.1 Å². The van der Waals surface area contributed by atoms with Gasteiger partial charge in [-0.2, -0.15) is 0 Å². The Bertz CT molecular complexity index is 391. The summed E-state index contributed by atoms with van der Waals surface area (Å²) in [5.41, 5.74) is 0.965. The number of nitrogens with zero attached hydrogens (tertiary/aromatic N) is 1. The molecule has 1 atom stereocenters. The molecule has 4 heteroatoms. The van der Waals surface area contributed by atoms with Crippen molar-refractivity contribution in [3.63, 3.8) is 0 Å². The van der Waals surface area contributed by atoms with Crippen LogP contribution in [0.3, 0.4) is 0 Å². The third-order valence-corrected chi connectivity index (χ3v) is 2.88. The van der Waals surface area contributed by atoms with Crippen molar-refractivity contribution < 1.29 is 14.3 Å². The molecule has 0 unspecified atom stereocenters. The number of hydrogen-bond acceptors (Lipinski definition) is 3. The zero-order chi connectivity index (χ0) is 12.1. The lowest BCUT2D eigenvalue weighted by molar-refractivity contribution is -0.110. The first-order chi connectivity index (χ1) is 8.29. The quantitative estimate of drug-likeness (QED) is 0.748. The first-order valence-corrected chi connectivity index (χ1v) is 5.70. The van der Waals surface area contributed by atoms with Gasteiger partial charge in [0.15, 0.2) is 0 Å². The van der Waals surface area contributed by atoms with E-state index in [0.29, 0.717) is 13.1 Å². The van der Waals surface area contributed by atoms with Crippen molar-refractivity contribution >= 4 is 12.4 Å². The Morgan fingerprint density at radius 1 is 1.41 bits per heavy atom. The predicted octanol–water partition coefficient (Wildman–Crippen LogP) is 1.84. The average Bonchev–Trinajstić information content (AvgIpc) is 2.86. The van der Waals surface area contributed by atoms with Gasteiger partial charge in [0, 0.05) is 19.0 Å². The van der Waals surface area contributed by atoms with Gasteiger partial charge in [0.05, 0.1) is 0 Å². The number of rotatable bonds is 3. The first kappa shape index (κ1) is 11.6. The topological polar surface area (TPSA) is 46.6 Å². The Labute approximate surface area is 100 Å². The highest BCUT2D eigenvalue weighted by Gasteiger charge is 2.26. The van der Waals surface area contributed by atoms with Crippen molar-refractivity contribution in [1.29, 1.82) is 0 Å². The number of carbonyl (C=O) groups is 2. The molecule has 1 heterocycles. The molecule has 1 aliphatic rings. The molecule has 0 saturated carbocycles. The van der Waals surface area contributed by atoms with Crippen LogP contribution in [0, 0.1) is 5.92 Å². The molecule has 1 amide bonds. The fraction of sp³-hybridized carbons (Fsp3) is 0.385. The molecule has 0 radical (unpaired) electrons. The lowest BCUT2D eigenvalue weighted by atomic mass is 10.1. The van der Waals surface area contributed by atoms with Crippen molar-refractivity contribution in [3.05, 3.63) is 35.9 Å². The molecule has 1 aromatic rings. The number of hydrogen-bond donors (Lipinski definition) is 0. The minimum atomic E-state index is -0.335. The van der Waals surface area contributed by atoms with Gasteiger partial charge in [0.25, 0.3) is 0 Å². The van der Waals surface area contributed by atoms with Gasteiger partial charge in [-0.3, -0.25) is 0 Å². The summed E-state index contributed by atoms with van der Waals surface area (Å²) in [5, 5.41) is 0. The first-order valence-electron chi connectivity index (χ1n) is 5.70. The summed E-state index contributed by atoms with van der Waals surface area (Å²) in [6.45, 7) is 1.37. The summed E-state index contributed by atoms with van der Waals surface area (Å²) in [5.74, 6) is -0.0284. The van der Waals surface area contributed by atoms with Crippen LogP contribution < -0.4 is 0 Å². The van der Waals surface area contributed by atoms with Crippen LogP contribution in [-0.2, 0) is 16.1 Å². The van der Waals surface area contributed by atoms with Gasteiger partial charge in [0.2, 0.25) is 0 Å². The van der Waals surface area contributed by atoms with E-state index in [1.54, 1.807) is 4.90 Å². The number of ether oxygens (including phenoxy) is 1. The molecule has 2 rings (SSSR count). The molecule has 1 fully saturated rings. The van der Waals surface area contributed by atoms with E-state index in [4.69, 9.17) is 4.74 Å². The number of benzene rings is 1. The van der Waals surface area contributed by atoms with Gasteiger partial charge in [-0.05, 0) is 12.0 Å². The zero-order valence-electron chi connectivity index (χ0n) is 9.54. The molecule has 0 bridgehead atoms. The Morgan fingerprint density at radius 3 is 2.82 bits per heavy atom. The summed E-state index contributed by atoms with van der Waals surface area (Å²) in [6.07, 6.45) is 1.31. The Morgan fingerprint density at radius 2 is 2.18 bits per heavy atom. The maximum Gasteiger partial charge on any atom is 0.410 e. The maximum atomic E-state index is 11.7. The van der Waals surface area contributed by atoms with Crippen molar-refractivity contribution in [2.24, 2.45) is 5.92 Å². The SMILES string of the molecule is O=C[C@H]1CCN(C(=O)OCc2ccccc2)C1. The number of likely N-dealkylation sites (tertiary alicyclic amines) is 1. The molecular weight excluding hydrogens is 218 g/mol. The smallest absolute Gasteiger partial charge is 0.410 e. The minimum Gasteiger partial charge on any atom is -0.445 e. The van der Waals surface area contributed by atoms with Crippen molar-refractivity contribution in [1.82, 2.24) is 4.90 Å². The average molecular weight is 233 g/mol. The second-order valence-electron chi connectivity index (χ2n) is 4.17. The molecule has 0 spiro atoms. The van der Waals surface area contributed by atoms with E-state index in [0.717, 1.165) is 18.3 Å². The Hall–Kier alpha value is -1.84. The van der Waals surface area contributed by atoms with E-state index in [2.05, 4.69) is 0 Å². The third kappa shape index (κ3) is 3.06. The van der Waals surface area contributed by atoms with Gasteiger partial charge >= 0.3 is 6.09 Å². The fourth-order valence-corrected chi connectivity index (χ4v) is 1.87. The molecule has 17 heavy (non-hydrogen) atoms. The largest absolute Gasteiger partial charge is 0.445 e. The van der Waals surface area contributed by atoms with Crippen molar-refractivity contribution in [2.45, 2.75) is 13.0 Å². The van der Waals surface area contributed by atoms with Gasteiger partial charge in [0.1, 0.15) is 12.9 Å². The lowest BCUT2D eigenvalue weighted by Crippen LogP contribution is -2.29. The molecule has 1 aromatic carbocycles. The lowest BCUT2D eigenvalue weighted by Gasteiger charge is -2.15. The Balaban J connectivity index is 1.80. The number of amides is 1. The minimum absolute atomic E-state index is 0.0284. The highest BCUT2D eigenvalue weighted by atomic mass is 16.6. The summed E-state index contributed by atoms with van der Waals surface area (Å²) in [4.78, 5) is 23.8. The standard InChI is InChI=1S/C13H15NO3/c15-9-12-6-7-14(8-12)13(16)17-10-11-4-2-1-3-5-11/h1-5,9,12H,6-8,10H2/t12-/m0/s1. The fourth-order valence-electron chi connectivity index (χ4n) is 1.87. The van der Waals surface area contributed by atoms with Crippen LogP contribution in [0.15, 0.2) is 30.3 Å². The molecular formula is C13H15NO3. The van der Waals surface area contributed by atoms with E-state index >= 15 is 0 Å². The summed E-state index contributed by atoms with van der Waals surface area (Å²) in [7, 11) is 0. The van der Waals surface area contributed by atoms with E-state index in [-0.39, 0.29) is 18.6 Å². The van der Waals surface area contributed by atoms with E-state index in [1.165, 1.54) is 0 Å². The van der Waals surface area contributed by atoms with Crippen LogP contribution in [0.25, 0.3) is 0 Å².